The Morgan fingerprint density at radius 2 is 1.95 bits per heavy atom. The second-order valence-corrected chi connectivity index (χ2v) is 6.86. The van der Waals surface area contributed by atoms with Gasteiger partial charge in [0.15, 0.2) is 0 Å². The first-order chi connectivity index (χ1) is 8.64. The average molecular weight is 375 g/mol. The van der Waals surface area contributed by atoms with E-state index in [1.54, 1.807) is 13.8 Å². The molecule has 1 aromatic rings. The predicted octanol–water partition coefficient (Wildman–Crippen LogP) is 3.12. The Bertz CT molecular complexity index is 464. The number of rotatable bonds is 4. The van der Waals surface area contributed by atoms with Gasteiger partial charge in [-0.2, -0.15) is 0 Å². The first-order valence-electron chi connectivity index (χ1n) is 6.43. The van der Waals surface area contributed by atoms with Crippen molar-refractivity contribution >= 4 is 28.5 Å². The van der Waals surface area contributed by atoms with Crippen LogP contribution in [0.4, 0.5) is 0 Å². The van der Waals surface area contributed by atoms with Crippen molar-refractivity contribution in [3.05, 3.63) is 32.9 Å². The molecule has 0 aliphatic carbocycles. The summed E-state index contributed by atoms with van der Waals surface area (Å²) in [6, 6.07) is 5.39. The van der Waals surface area contributed by atoms with Crippen LogP contribution in [0.3, 0.4) is 0 Å². The number of benzene rings is 1. The first kappa shape index (κ1) is 16.4. The number of nitrogens with one attached hydrogen (secondary N) is 1. The van der Waals surface area contributed by atoms with Gasteiger partial charge in [-0.3, -0.25) is 4.79 Å². The molecular formula is C15H22INO2. The van der Waals surface area contributed by atoms with Gasteiger partial charge in [-0.15, -0.1) is 0 Å². The minimum absolute atomic E-state index is 0.131. The maximum atomic E-state index is 12.4. The Kier molecular flexibility index (Phi) is 5.38. The molecule has 1 atom stereocenters. The number of hydrogen-bond acceptors (Lipinski definition) is 2. The second kappa shape index (κ2) is 6.22. The van der Waals surface area contributed by atoms with Gasteiger partial charge < -0.3 is 10.4 Å². The topological polar surface area (TPSA) is 49.3 Å². The summed E-state index contributed by atoms with van der Waals surface area (Å²) in [4.78, 5) is 12.4. The van der Waals surface area contributed by atoms with Crippen LogP contribution in [0.2, 0.25) is 0 Å². The lowest BCUT2D eigenvalue weighted by atomic mass is 9.89. The molecule has 0 fully saturated rings. The minimum atomic E-state index is -0.945. The van der Waals surface area contributed by atoms with Crippen LogP contribution in [0.15, 0.2) is 18.2 Å². The Labute approximate surface area is 128 Å². The smallest absolute Gasteiger partial charge is 0.252 e. The highest BCUT2D eigenvalue weighted by Crippen LogP contribution is 2.20. The van der Waals surface area contributed by atoms with Gasteiger partial charge in [-0.25, -0.2) is 0 Å². The molecule has 0 saturated heterocycles. The van der Waals surface area contributed by atoms with Crippen molar-refractivity contribution in [3.8, 4) is 0 Å². The van der Waals surface area contributed by atoms with E-state index in [2.05, 4.69) is 27.9 Å². The van der Waals surface area contributed by atoms with E-state index in [0.29, 0.717) is 5.56 Å². The summed E-state index contributed by atoms with van der Waals surface area (Å²) in [6.45, 7) is 9.40. The maximum absolute atomic E-state index is 12.4. The third-order valence-electron chi connectivity index (χ3n) is 3.15. The maximum Gasteiger partial charge on any atom is 0.252 e. The minimum Gasteiger partial charge on any atom is -0.388 e. The molecule has 1 amide bonds. The number of halogens is 1. The van der Waals surface area contributed by atoms with Gasteiger partial charge in [0, 0.05) is 3.57 Å². The molecule has 0 aliphatic heterocycles. The third-order valence-corrected chi connectivity index (χ3v) is 4.58. The molecule has 19 heavy (non-hydrogen) atoms. The number of hydrogen-bond donors (Lipinski definition) is 2. The van der Waals surface area contributed by atoms with Gasteiger partial charge in [-0.1, -0.05) is 26.0 Å². The monoisotopic (exact) mass is 375 g/mol. The fourth-order valence-electron chi connectivity index (χ4n) is 2.20. The second-order valence-electron chi connectivity index (χ2n) is 5.79. The van der Waals surface area contributed by atoms with Gasteiger partial charge >= 0.3 is 0 Å². The van der Waals surface area contributed by atoms with Crippen LogP contribution in [0.1, 0.15) is 43.6 Å². The Morgan fingerprint density at radius 3 is 2.42 bits per heavy atom. The lowest BCUT2D eigenvalue weighted by Gasteiger charge is -2.33. The third kappa shape index (κ3) is 4.18. The average Bonchev–Trinajstić information content (AvgIpc) is 2.27. The van der Waals surface area contributed by atoms with E-state index in [0.717, 1.165) is 9.13 Å². The molecule has 0 bridgehead atoms. The van der Waals surface area contributed by atoms with Gasteiger partial charge in [0.1, 0.15) is 0 Å². The van der Waals surface area contributed by atoms with E-state index in [4.69, 9.17) is 0 Å². The summed E-state index contributed by atoms with van der Waals surface area (Å²) in [5.74, 6) is 0.0281. The zero-order valence-corrected chi connectivity index (χ0v) is 14.3. The van der Waals surface area contributed by atoms with E-state index in [1.165, 1.54) is 0 Å². The van der Waals surface area contributed by atoms with E-state index in [1.807, 2.05) is 39.0 Å². The molecular weight excluding hydrogens is 353 g/mol. The van der Waals surface area contributed by atoms with Crippen LogP contribution < -0.4 is 5.32 Å². The number of carbonyl (C=O) groups is 1. The van der Waals surface area contributed by atoms with Crippen molar-refractivity contribution in [1.29, 1.82) is 0 Å². The van der Waals surface area contributed by atoms with E-state index in [-0.39, 0.29) is 17.9 Å². The van der Waals surface area contributed by atoms with Crippen molar-refractivity contribution in [2.45, 2.75) is 46.3 Å². The van der Waals surface area contributed by atoms with Crippen molar-refractivity contribution < 1.29 is 9.90 Å². The Balaban J connectivity index is 2.98. The van der Waals surface area contributed by atoms with E-state index >= 15 is 0 Å². The summed E-state index contributed by atoms with van der Waals surface area (Å²) in [7, 11) is 0. The van der Waals surface area contributed by atoms with Crippen molar-refractivity contribution in [1.82, 2.24) is 5.32 Å². The highest BCUT2D eigenvalue weighted by Gasteiger charge is 2.31. The summed E-state index contributed by atoms with van der Waals surface area (Å²) in [6.07, 6.45) is 0. The molecule has 1 rings (SSSR count). The fraction of sp³-hybridized carbons (Fsp3) is 0.533. The van der Waals surface area contributed by atoms with E-state index in [9.17, 15) is 9.90 Å². The lowest BCUT2D eigenvalue weighted by Crippen LogP contribution is -2.52. The van der Waals surface area contributed by atoms with Crippen molar-refractivity contribution in [2.24, 2.45) is 5.92 Å². The Hall–Kier alpha value is -0.620. The molecule has 0 aromatic heterocycles. The largest absolute Gasteiger partial charge is 0.388 e. The zero-order valence-electron chi connectivity index (χ0n) is 12.1. The Morgan fingerprint density at radius 1 is 1.37 bits per heavy atom. The van der Waals surface area contributed by atoms with Crippen LogP contribution in [-0.2, 0) is 0 Å². The zero-order chi connectivity index (χ0) is 14.8. The van der Waals surface area contributed by atoms with Crippen LogP contribution in [-0.4, -0.2) is 22.7 Å². The van der Waals surface area contributed by atoms with Crippen LogP contribution >= 0.6 is 22.6 Å². The van der Waals surface area contributed by atoms with Gasteiger partial charge in [0.2, 0.25) is 0 Å². The molecule has 0 heterocycles. The summed E-state index contributed by atoms with van der Waals surface area (Å²) in [5.41, 5.74) is 0.798. The summed E-state index contributed by atoms with van der Waals surface area (Å²) < 4.78 is 0.954. The lowest BCUT2D eigenvalue weighted by molar-refractivity contribution is 0.0194. The van der Waals surface area contributed by atoms with Crippen molar-refractivity contribution in [3.63, 3.8) is 0 Å². The summed E-state index contributed by atoms with van der Waals surface area (Å²) >= 11 is 2.18. The molecule has 0 radical (unpaired) electrons. The molecule has 3 nitrogen and oxygen atoms in total. The predicted molar refractivity (Wildman–Crippen MR) is 86.3 cm³/mol. The molecule has 0 aliphatic rings. The standard InChI is InChI=1S/C15H22INO2/c1-9(2)13(15(4,5)19)17-14(18)11-8-6-7-10(3)12(11)16/h6-9,13,19H,1-5H3,(H,17,18)/t13-/m0/s1. The first-order valence-corrected chi connectivity index (χ1v) is 7.50. The van der Waals surface area contributed by atoms with E-state index < -0.39 is 5.60 Å². The molecule has 0 saturated carbocycles. The normalized spacial score (nSPS) is 13.5. The highest BCUT2D eigenvalue weighted by molar-refractivity contribution is 14.1. The number of carbonyl (C=O) groups excluding carboxylic acids is 1. The van der Waals surface area contributed by atoms with Crippen molar-refractivity contribution in [2.75, 3.05) is 0 Å². The quantitative estimate of drug-likeness (QED) is 0.795. The molecule has 1 aromatic carbocycles. The fourth-order valence-corrected chi connectivity index (χ4v) is 2.81. The summed E-state index contributed by atoms with van der Waals surface area (Å²) in [5, 5.41) is 13.1. The molecule has 106 valence electrons. The van der Waals surface area contributed by atoms with Gasteiger partial charge in [0.25, 0.3) is 5.91 Å². The number of aliphatic hydroxyl groups is 1. The SMILES string of the molecule is Cc1cccc(C(=O)N[C@@H](C(C)C)C(C)(C)O)c1I. The molecule has 0 unspecified atom stereocenters. The molecule has 4 heteroatoms. The molecule has 2 N–H and O–H groups in total. The number of aryl methyl sites for hydroxylation is 1. The van der Waals surface area contributed by atoms with Crippen LogP contribution in [0.25, 0.3) is 0 Å². The van der Waals surface area contributed by atoms with Gasteiger partial charge in [0.05, 0.1) is 17.2 Å². The highest BCUT2D eigenvalue weighted by atomic mass is 127. The van der Waals surface area contributed by atoms with Crippen LogP contribution in [0, 0.1) is 16.4 Å². The number of amides is 1. The van der Waals surface area contributed by atoms with Crippen LogP contribution in [0.5, 0.6) is 0 Å². The molecule has 0 spiro atoms. The van der Waals surface area contributed by atoms with Gasteiger partial charge in [-0.05, 0) is 60.9 Å².